The number of aryl methyl sites for hydroxylation is 1. The number of para-hydroxylation sites is 2. The molecule has 1 fully saturated rings. The Morgan fingerprint density at radius 2 is 1.59 bits per heavy atom. The van der Waals surface area contributed by atoms with Crippen molar-refractivity contribution < 1.29 is 14.7 Å². The van der Waals surface area contributed by atoms with Crippen molar-refractivity contribution in [2.75, 3.05) is 18.4 Å². The van der Waals surface area contributed by atoms with Crippen molar-refractivity contribution in [3.63, 3.8) is 0 Å². The molecule has 0 bridgehead atoms. The van der Waals surface area contributed by atoms with Crippen LogP contribution in [0.25, 0.3) is 0 Å². The zero-order valence-corrected chi connectivity index (χ0v) is 19.1. The van der Waals surface area contributed by atoms with Gasteiger partial charge in [-0.1, -0.05) is 60.7 Å². The van der Waals surface area contributed by atoms with Gasteiger partial charge in [0.05, 0.1) is 5.56 Å². The summed E-state index contributed by atoms with van der Waals surface area (Å²) in [7, 11) is 0. The molecule has 0 atom stereocenters. The van der Waals surface area contributed by atoms with Gasteiger partial charge in [0, 0.05) is 44.6 Å². The molecule has 6 nitrogen and oxygen atoms in total. The topological polar surface area (TPSA) is 72.9 Å². The monoisotopic (exact) mass is 455 g/mol. The Labute approximate surface area is 199 Å². The predicted molar refractivity (Wildman–Crippen MR) is 131 cm³/mol. The zero-order chi connectivity index (χ0) is 23.5. The molecule has 2 aliphatic rings. The third-order valence-electron chi connectivity index (χ3n) is 7.01. The van der Waals surface area contributed by atoms with Crippen molar-refractivity contribution >= 4 is 17.5 Å². The fourth-order valence-corrected chi connectivity index (χ4v) is 5.07. The van der Waals surface area contributed by atoms with Gasteiger partial charge in [-0.05, 0) is 35.7 Å². The van der Waals surface area contributed by atoms with Crippen LogP contribution < -0.4 is 5.32 Å². The lowest BCUT2D eigenvalue weighted by Gasteiger charge is -2.52. The number of amides is 2. The fraction of sp³-hybridized carbons (Fsp3) is 0.286. The molecule has 2 aliphatic heterocycles. The lowest BCUT2D eigenvalue weighted by atomic mass is 9.89. The maximum absolute atomic E-state index is 13.6. The molecule has 0 saturated carbocycles. The molecule has 5 rings (SSSR count). The molecule has 3 aromatic rings. The van der Waals surface area contributed by atoms with Crippen LogP contribution in [0.3, 0.4) is 0 Å². The number of nitrogens with one attached hydrogen (secondary N) is 1. The van der Waals surface area contributed by atoms with E-state index >= 15 is 0 Å². The standard InChI is InChI=1S/C28H29N3O3/c32-25-13-7-4-10-22(25)14-15-26(33)30-18-16-28(17-19-30)29-24-12-6-5-11-23(24)27(34)31(28)20-21-8-2-1-3-9-21/h1-13,29,32H,14-20H2. The molecule has 174 valence electrons. The summed E-state index contributed by atoms with van der Waals surface area (Å²) in [4.78, 5) is 30.4. The molecule has 0 unspecified atom stereocenters. The largest absolute Gasteiger partial charge is 0.508 e. The first kappa shape index (κ1) is 22.0. The van der Waals surface area contributed by atoms with E-state index in [2.05, 4.69) is 5.32 Å². The number of nitrogens with zero attached hydrogens (tertiary/aromatic N) is 2. The van der Waals surface area contributed by atoms with E-state index in [0.717, 1.165) is 16.8 Å². The number of rotatable bonds is 5. The number of anilines is 1. The summed E-state index contributed by atoms with van der Waals surface area (Å²) in [5, 5.41) is 13.7. The number of aromatic hydroxyl groups is 1. The molecule has 34 heavy (non-hydrogen) atoms. The van der Waals surface area contributed by atoms with Crippen LogP contribution in [0.4, 0.5) is 5.69 Å². The lowest BCUT2D eigenvalue weighted by molar-refractivity contribution is -0.133. The molecule has 1 saturated heterocycles. The van der Waals surface area contributed by atoms with Gasteiger partial charge < -0.3 is 20.2 Å². The van der Waals surface area contributed by atoms with Gasteiger partial charge in [0.2, 0.25) is 5.91 Å². The first-order chi connectivity index (χ1) is 16.6. The molecule has 2 amide bonds. The summed E-state index contributed by atoms with van der Waals surface area (Å²) in [5.41, 5.74) is 2.88. The number of carbonyl (C=O) groups excluding carboxylic acids is 2. The highest BCUT2D eigenvalue weighted by molar-refractivity contribution is 6.02. The smallest absolute Gasteiger partial charge is 0.258 e. The Morgan fingerprint density at radius 1 is 0.912 bits per heavy atom. The number of benzene rings is 3. The van der Waals surface area contributed by atoms with E-state index in [1.54, 1.807) is 12.1 Å². The average molecular weight is 456 g/mol. The van der Waals surface area contributed by atoms with Crippen molar-refractivity contribution in [1.82, 2.24) is 9.80 Å². The second kappa shape index (κ2) is 9.21. The van der Waals surface area contributed by atoms with Gasteiger partial charge in [-0.3, -0.25) is 9.59 Å². The van der Waals surface area contributed by atoms with Gasteiger partial charge in [-0.2, -0.15) is 0 Å². The Morgan fingerprint density at radius 3 is 2.35 bits per heavy atom. The first-order valence-electron chi connectivity index (χ1n) is 11.8. The van der Waals surface area contributed by atoms with Gasteiger partial charge in [0.1, 0.15) is 11.4 Å². The molecular weight excluding hydrogens is 426 g/mol. The third kappa shape index (κ3) is 4.23. The molecule has 0 aromatic heterocycles. The van der Waals surface area contributed by atoms with Crippen LogP contribution in [0.1, 0.15) is 40.7 Å². The van der Waals surface area contributed by atoms with E-state index in [1.807, 2.05) is 76.5 Å². The predicted octanol–water partition coefficient (Wildman–Crippen LogP) is 4.41. The van der Waals surface area contributed by atoms with Crippen LogP contribution >= 0.6 is 0 Å². The van der Waals surface area contributed by atoms with E-state index in [4.69, 9.17) is 0 Å². The van der Waals surface area contributed by atoms with Gasteiger partial charge in [0.25, 0.3) is 5.91 Å². The Balaban J connectivity index is 1.32. The number of hydrogen-bond acceptors (Lipinski definition) is 4. The minimum absolute atomic E-state index is 0.0255. The fourth-order valence-electron chi connectivity index (χ4n) is 5.07. The molecule has 0 radical (unpaired) electrons. The summed E-state index contributed by atoms with van der Waals surface area (Å²) >= 11 is 0. The van der Waals surface area contributed by atoms with Crippen LogP contribution in [0.15, 0.2) is 78.9 Å². The number of carbonyl (C=O) groups is 2. The highest BCUT2D eigenvalue weighted by atomic mass is 16.3. The van der Waals surface area contributed by atoms with Crippen LogP contribution in [0.5, 0.6) is 5.75 Å². The van der Waals surface area contributed by atoms with Gasteiger partial charge in [0.15, 0.2) is 0 Å². The van der Waals surface area contributed by atoms with E-state index in [0.29, 0.717) is 50.9 Å². The summed E-state index contributed by atoms with van der Waals surface area (Å²) in [6.45, 7) is 1.67. The van der Waals surface area contributed by atoms with Crippen LogP contribution in [0, 0.1) is 0 Å². The third-order valence-corrected chi connectivity index (χ3v) is 7.01. The Hall–Kier alpha value is -3.80. The minimum Gasteiger partial charge on any atom is -0.508 e. The van der Waals surface area contributed by atoms with Crippen molar-refractivity contribution in [3.05, 3.63) is 95.6 Å². The van der Waals surface area contributed by atoms with E-state index < -0.39 is 5.66 Å². The summed E-state index contributed by atoms with van der Waals surface area (Å²) < 4.78 is 0. The lowest BCUT2D eigenvalue weighted by Crippen LogP contribution is -2.64. The number of phenolic OH excluding ortho intramolecular Hbond substituents is 1. The number of piperidine rings is 1. The van der Waals surface area contributed by atoms with E-state index in [9.17, 15) is 14.7 Å². The van der Waals surface area contributed by atoms with Crippen LogP contribution in [-0.2, 0) is 17.8 Å². The van der Waals surface area contributed by atoms with Gasteiger partial charge >= 0.3 is 0 Å². The van der Waals surface area contributed by atoms with Crippen molar-refractivity contribution in [2.24, 2.45) is 0 Å². The maximum Gasteiger partial charge on any atom is 0.258 e. The van der Waals surface area contributed by atoms with Crippen molar-refractivity contribution in [2.45, 2.75) is 37.9 Å². The minimum atomic E-state index is -0.532. The normalized spacial score (nSPS) is 16.8. The molecule has 0 aliphatic carbocycles. The first-order valence-corrected chi connectivity index (χ1v) is 11.8. The summed E-state index contributed by atoms with van der Waals surface area (Å²) in [5.74, 6) is 0.334. The summed E-state index contributed by atoms with van der Waals surface area (Å²) in [6, 6.07) is 24.8. The second-order valence-corrected chi connectivity index (χ2v) is 9.09. The van der Waals surface area contributed by atoms with Gasteiger partial charge in [-0.15, -0.1) is 0 Å². The number of hydrogen-bond donors (Lipinski definition) is 2. The van der Waals surface area contributed by atoms with Crippen molar-refractivity contribution in [1.29, 1.82) is 0 Å². The van der Waals surface area contributed by atoms with E-state index in [1.165, 1.54) is 0 Å². The average Bonchev–Trinajstić information content (AvgIpc) is 2.87. The molecule has 6 heteroatoms. The highest BCUT2D eigenvalue weighted by Crippen LogP contribution is 2.39. The van der Waals surface area contributed by atoms with E-state index in [-0.39, 0.29) is 17.6 Å². The number of likely N-dealkylation sites (tertiary alicyclic amines) is 1. The molecule has 2 heterocycles. The Bertz CT molecular complexity index is 1190. The van der Waals surface area contributed by atoms with Crippen LogP contribution in [-0.4, -0.2) is 45.5 Å². The van der Waals surface area contributed by atoms with Crippen molar-refractivity contribution in [3.8, 4) is 5.75 Å². The SMILES string of the molecule is O=C(CCc1ccccc1O)N1CCC2(CC1)Nc1ccccc1C(=O)N2Cc1ccccc1. The Kier molecular flexibility index (Phi) is 5.97. The molecule has 3 aromatic carbocycles. The zero-order valence-electron chi connectivity index (χ0n) is 19.1. The molecular formula is C28H29N3O3. The quantitative estimate of drug-likeness (QED) is 0.598. The number of phenols is 1. The maximum atomic E-state index is 13.6. The second-order valence-electron chi connectivity index (χ2n) is 9.09. The van der Waals surface area contributed by atoms with Gasteiger partial charge in [-0.25, -0.2) is 0 Å². The molecule has 1 spiro atoms. The molecule has 2 N–H and O–H groups in total. The summed E-state index contributed by atoms with van der Waals surface area (Å²) in [6.07, 6.45) is 2.18. The van der Waals surface area contributed by atoms with Crippen LogP contribution in [0.2, 0.25) is 0 Å². The highest BCUT2D eigenvalue weighted by Gasteiger charge is 2.46. The number of fused-ring (bicyclic) bond motifs is 1.